The number of halogens is 3. The van der Waals surface area contributed by atoms with Crippen molar-refractivity contribution < 1.29 is 13.2 Å². The van der Waals surface area contributed by atoms with Gasteiger partial charge in [0.1, 0.15) is 5.52 Å². The van der Waals surface area contributed by atoms with Crippen molar-refractivity contribution in [2.24, 2.45) is 0 Å². The van der Waals surface area contributed by atoms with Gasteiger partial charge in [-0.2, -0.15) is 18.2 Å². The van der Waals surface area contributed by atoms with Gasteiger partial charge in [0.15, 0.2) is 5.65 Å². The van der Waals surface area contributed by atoms with Crippen molar-refractivity contribution in [3.63, 3.8) is 0 Å². The second kappa shape index (κ2) is 8.57. The summed E-state index contributed by atoms with van der Waals surface area (Å²) in [4.78, 5) is 16.0. The summed E-state index contributed by atoms with van der Waals surface area (Å²) in [5, 5.41) is 6.32. The number of imidazole rings is 1. The maximum Gasteiger partial charge on any atom is 0.416 e. The molecule has 1 aliphatic rings. The minimum atomic E-state index is -4.41. The Bertz CT molecular complexity index is 1080. The summed E-state index contributed by atoms with van der Waals surface area (Å²) in [5.74, 6) is 0.929. The molecule has 32 heavy (non-hydrogen) atoms. The Hall–Kier alpha value is -2.88. The summed E-state index contributed by atoms with van der Waals surface area (Å²) in [6.45, 7) is 9.59. The molecule has 4 rings (SSSR count). The molecular formula is C22H28F3N7. The van der Waals surface area contributed by atoms with Crippen LogP contribution in [-0.4, -0.2) is 49.6 Å². The van der Waals surface area contributed by atoms with Crippen LogP contribution in [0.1, 0.15) is 39.2 Å². The van der Waals surface area contributed by atoms with E-state index >= 15 is 0 Å². The molecular weight excluding hydrogens is 419 g/mol. The number of benzene rings is 1. The lowest BCUT2D eigenvalue weighted by molar-refractivity contribution is -0.137. The van der Waals surface area contributed by atoms with E-state index in [1.165, 1.54) is 18.9 Å². The predicted octanol–water partition coefficient (Wildman–Crippen LogP) is 4.89. The van der Waals surface area contributed by atoms with Crippen LogP contribution in [0.3, 0.4) is 0 Å². The molecule has 1 aliphatic heterocycles. The molecule has 0 unspecified atom stereocenters. The average Bonchev–Trinajstić information content (AvgIpc) is 3.32. The fourth-order valence-corrected chi connectivity index (χ4v) is 3.77. The quantitative estimate of drug-likeness (QED) is 0.560. The third-order valence-corrected chi connectivity index (χ3v) is 5.26. The molecule has 10 heteroatoms. The van der Waals surface area contributed by atoms with E-state index in [9.17, 15) is 13.2 Å². The van der Waals surface area contributed by atoms with Crippen molar-refractivity contribution in [3.05, 3.63) is 36.0 Å². The first-order valence-corrected chi connectivity index (χ1v) is 10.8. The normalized spacial score (nSPS) is 15.4. The van der Waals surface area contributed by atoms with Crippen LogP contribution in [0.5, 0.6) is 0 Å². The molecule has 7 nitrogen and oxygen atoms in total. The number of aromatic nitrogens is 4. The molecule has 0 spiro atoms. The summed E-state index contributed by atoms with van der Waals surface area (Å²) in [6, 6.07) is 5.12. The van der Waals surface area contributed by atoms with Gasteiger partial charge in [0.25, 0.3) is 0 Å². The average molecular weight is 448 g/mol. The van der Waals surface area contributed by atoms with Gasteiger partial charge >= 0.3 is 6.18 Å². The highest BCUT2D eigenvalue weighted by molar-refractivity contribution is 5.76. The maximum absolute atomic E-state index is 13.1. The Morgan fingerprint density at radius 3 is 2.47 bits per heavy atom. The molecule has 1 fully saturated rings. The van der Waals surface area contributed by atoms with Crippen molar-refractivity contribution in [2.75, 3.05) is 30.3 Å². The van der Waals surface area contributed by atoms with E-state index < -0.39 is 11.7 Å². The first kappa shape index (κ1) is 22.3. The van der Waals surface area contributed by atoms with Crippen LogP contribution >= 0.6 is 0 Å². The predicted molar refractivity (Wildman–Crippen MR) is 119 cm³/mol. The highest BCUT2D eigenvalue weighted by Crippen LogP contribution is 2.32. The molecule has 1 aromatic carbocycles. The van der Waals surface area contributed by atoms with Gasteiger partial charge in [-0.1, -0.05) is 6.07 Å². The van der Waals surface area contributed by atoms with Crippen LogP contribution in [0.2, 0.25) is 0 Å². The number of nitrogens with zero attached hydrogens (tertiary/aromatic N) is 5. The second-order valence-electron chi connectivity index (χ2n) is 9.12. The van der Waals surface area contributed by atoms with Gasteiger partial charge in [-0.25, -0.2) is 9.97 Å². The molecule has 2 aromatic heterocycles. The van der Waals surface area contributed by atoms with Crippen LogP contribution in [0.15, 0.2) is 30.5 Å². The van der Waals surface area contributed by atoms with Crippen molar-refractivity contribution >= 4 is 28.7 Å². The van der Waals surface area contributed by atoms with Gasteiger partial charge in [0.2, 0.25) is 11.9 Å². The van der Waals surface area contributed by atoms with Gasteiger partial charge in [-0.05, 0) is 64.9 Å². The van der Waals surface area contributed by atoms with Crippen LogP contribution < -0.4 is 10.6 Å². The van der Waals surface area contributed by atoms with Gasteiger partial charge in [0.05, 0.1) is 11.8 Å². The second-order valence-corrected chi connectivity index (χ2v) is 9.12. The van der Waals surface area contributed by atoms with E-state index in [-0.39, 0.29) is 5.54 Å². The van der Waals surface area contributed by atoms with Crippen LogP contribution in [-0.2, 0) is 12.7 Å². The Morgan fingerprint density at radius 2 is 1.78 bits per heavy atom. The molecule has 0 bridgehead atoms. The zero-order chi connectivity index (χ0) is 22.9. The number of rotatable bonds is 6. The highest BCUT2D eigenvalue weighted by Gasteiger charge is 2.30. The molecule has 0 radical (unpaired) electrons. The SMILES string of the molecule is CC(C)(C)Nc1ncc2nc(Nc3cccc(C(F)(F)F)c3)n(CCN3CCCC3)c2n1. The van der Waals surface area contributed by atoms with E-state index in [2.05, 4.69) is 30.5 Å². The smallest absolute Gasteiger partial charge is 0.350 e. The highest BCUT2D eigenvalue weighted by atomic mass is 19.4. The van der Waals surface area contributed by atoms with E-state index in [1.807, 2.05) is 25.3 Å². The van der Waals surface area contributed by atoms with Gasteiger partial charge in [-0.3, -0.25) is 4.57 Å². The van der Waals surface area contributed by atoms with E-state index in [0.717, 1.165) is 31.8 Å². The fourth-order valence-electron chi connectivity index (χ4n) is 3.77. The third-order valence-electron chi connectivity index (χ3n) is 5.26. The number of hydrogen-bond acceptors (Lipinski definition) is 6. The molecule has 3 heterocycles. The number of alkyl halides is 3. The maximum atomic E-state index is 13.1. The van der Waals surface area contributed by atoms with Crippen LogP contribution in [0, 0.1) is 0 Å². The molecule has 0 saturated carbocycles. The first-order valence-electron chi connectivity index (χ1n) is 10.8. The fraction of sp³-hybridized carbons (Fsp3) is 0.500. The van der Waals surface area contributed by atoms with Gasteiger partial charge in [0, 0.05) is 24.3 Å². The zero-order valence-electron chi connectivity index (χ0n) is 18.5. The molecule has 1 saturated heterocycles. The number of anilines is 3. The van der Waals surface area contributed by atoms with Crippen LogP contribution in [0.25, 0.3) is 11.2 Å². The summed E-state index contributed by atoms with van der Waals surface area (Å²) < 4.78 is 41.4. The minimum absolute atomic E-state index is 0.215. The Kier molecular flexibility index (Phi) is 5.98. The number of fused-ring (bicyclic) bond motifs is 1. The Labute approximate surface area is 185 Å². The van der Waals surface area contributed by atoms with Crippen molar-refractivity contribution in [3.8, 4) is 0 Å². The monoisotopic (exact) mass is 447 g/mol. The molecule has 172 valence electrons. The standard InChI is InChI=1S/C22H28F3N7/c1-21(2,3)30-19-26-14-17-18(29-19)32(12-11-31-9-4-5-10-31)20(28-17)27-16-8-6-7-15(13-16)22(23,24)25/h6-8,13-14H,4-5,9-12H2,1-3H3,(H,27,28)(H,26,29,30). The van der Waals surface area contributed by atoms with E-state index in [1.54, 1.807) is 12.3 Å². The summed E-state index contributed by atoms with van der Waals surface area (Å²) in [5.41, 5.74) is 0.616. The van der Waals surface area contributed by atoms with E-state index in [4.69, 9.17) is 0 Å². The Balaban J connectivity index is 1.69. The summed E-state index contributed by atoms with van der Waals surface area (Å²) in [6.07, 6.45) is -0.406. The van der Waals surface area contributed by atoms with E-state index in [0.29, 0.717) is 35.3 Å². The molecule has 0 aliphatic carbocycles. The molecule has 2 N–H and O–H groups in total. The van der Waals surface area contributed by atoms with Crippen molar-refractivity contribution in [1.29, 1.82) is 0 Å². The minimum Gasteiger partial charge on any atom is -0.350 e. The lowest BCUT2D eigenvalue weighted by Crippen LogP contribution is -2.27. The van der Waals surface area contributed by atoms with Gasteiger partial charge in [-0.15, -0.1) is 0 Å². The number of likely N-dealkylation sites (tertiary alicyclic amines) is 1. The lowest BCUT2D eigenvalue weighted by Gasteiger charge is -2.20. The topological polar surface area (TPSA) is 70.9 Å². The first-order chi connectivity index (χ1) is 15.1. The van der Waals surface area contributed by atoms with Crippen LogP contribution in [0.4, 0.5) is 30.8 Å². The van der Waals surface area contributed by atoms with Crippen molar-refractivity contribution in [2.45, 2.75) is 51.9 Å². The number of hydrogen-bond donors (Lipinski definition) is 2. The third kappa shape index (κ3) is 5.29. The van der Waals surface area contributed by atoms with Crippen molar-refractivity contribution in [1.82, 2.24) is 24.4 Å². The van der Waals surface area contributed by atoms with Gasteiger partial charge < -0.3 is 15.5 Å². The summed E-state index contributed by atoms with van der Waals surface area (Å²) in [7, 11) is 0. The lowest BCUT2D eigenvalue weighted by atomic mass is 10.1. The Morgan fingerprint density at radius 1 is 1.03 bits per heavy atom. The molecule has 0 amide bonds. The molecule has 3 aromatic rings. The largest absolute Gasteiger partial charge is 0.416 e. The summed E-state index contributed by atoms with van der Waals surface area (Å²) >= 11 is 0. The molecule has 0 atom stereocenters. The zero-order valence-corrected chi connectivity index (χ0v) is 18.5. The number of nitrogens with one attached hydrogen (secondary N) is 2.